The topological polar surface area (TPSA) is 130 Å². The molecule has 1 aliphatic carbocycles. The van der Waals surface area contributed by atoms with Gasteiger partial charge in [0.2, 0.25) is 0 Å². The van der Waals surface area contributed by atoms with E-state index in [4.69, 9.17) is 11.1 Å². The van der Waals surface area contributed by atoms with Crippen LogP contribution < -0.4 is 16.6 Å². The number of hydrogen-bond donors (Lipinski definition) is 4. The van der Waals surface area contributed by atoms with Crippen molar-refractivity contribution in [1.82, 2.24) is 14.5 Å². The number of phenols is 1. The second-order valence-electron chi connectivity index (χ2n) is 8.34. The van der Waals surface area contributed by atoms with Crippen molar-refractivity contribution in [1.29, 1.82) is 5.41 Å². The number of fused-ring (bicyclic) bond motifs is 1. The molecular weight excluding hydrogens is 416 g/mol. The summed E-state index contributed by atoms with van der Waals surface area (Å²) in [5, 5.41) is 23.4. The van der Waals surface area contributed by atoms with Gasteiger partial charge < -0.3 is 20.7 Å². The Bertz CT molecular complexity index is 1460. The van der Waals surface area contributed by atoms with Gasteiger partial charge in [-0.05, 0) is 48.9 Å². The number of rotatable bonds is 6. The standard InChI is InChI=1S/C25H24N6O2/c1-14-4-2-5-15-10-18(31(17-8-9-17)25(33)20(14)15)12-28-24-21(23(27)29-13-30-24)22(26)16-6-3-7-19(32)11-16/h2-7,10-11,13,17,26,32H,8-9,12H2,1H3,(H3,27,28,29,30). The smallest absolute Gasteiger partial charge is 0.259 e. The fraction of sp³-hybridized carbons (Fsp3) is 0.200. The van der Waals surface area contributed by atoms with Gasteiger partial charge in [0.15, 0.2) is 0 Å². The number of anilines is 2. The molecule has 0 aliphatic heterocycles. The molecule has 5 N–H and O–H groups in total. The number of nitrogens with zero attached hydrogens (tertiary/aromatic N) is 3. The van der Waals surface area contributed by atoms with Crippen molar-refractivity contribution in [3.8, 4) is 5.75 Å². The van der Waals surface area contributed by atoms with E-state index >= 15 is 0 Å². The molecule has 0 spiro atoms. The van der Waals surface area contributed by atoms with Gasteiger partial charge in [-0.15, -0.1) is 0 Å². The average molecular weight is 441 g/mol. The maximum absolute atomic E-state index is 13.3. The first-order chi connectivity index (χ1) is 15.9. The van der Waals surface area contributed by atoms with Gasteiger partial charge in [0.05, 0.1) is 23.2 Å². The lowest BCUT2D eigenvalue weighted by Crippen LogP contribution is -2.25. The quantitative estimate of drug-likeness (QED) is 0.338. The van der Waals surface area contributed by atoms with Crippen molar-refractivity contribution in [2.45, 2.75) is 32.4 Å². The molecule has 0 radical (unpaired) electrons. The van der Waals surface area contributed by atoms with Crippen LogP contribution in [-0.2, 0) is 6.54 Å². The van der Waals surface area contributed by atoms with Gasteiger partial charge in [0.25, 0.3) is 5.56 Å². The molecule has 5 rings (SSSR count). The van der Waals surface area contributed by atoms with E-state index in [1.165, 1.54) is 12.4 Å². The van der Waals surface area contributed by atoms with Crippen LogP contribution in [0.3, 0.4) is 0 Å². The Balaban J connectivity index is 1.53. The number of aromatic hydroxyl groups is 1. The third-order valence-corrected chi connectivity index (χ3v) is 5.98. The van der Waals surface area contributed by atoms with Crippen LogP contribution in [0.15, 0.2) is 59.7 Å². The van der Waals surface area contributed by atoms with Gasteiger partial charge in [-0.3, -0.25) is 10.2 Å². The van der Waals surface area contributed by atoms with Crippen LogP contribution in [0.1, 0.15) is 41.3 Å². The summed E-state index contributed by atoms with van der Waals surface area (Å²) in [5.41, 5.74) is 8.91. The normalized spacial score (nSPS) is 13.2. The van der Waals surface area contributed by atoms with Crippen molar-refractivity contribution in [2.75, 3.05) is 11.1 Å². The summed E-state index contributed by atoms with van der Waals surface area (Å²) in [4.78, 5) is 21.7. The fourth-order valence-electron chi connectivity index (χ4n) is 4.23. The lowest BCUT2D eigenvalue weighted by atomic mass is 10.0. The van der Waals surface area contributed by atoms with Crippen molar-refractivity contribution in [2.24, 2.45) is 0 Å². The number of aryl methyl sites for hydroxylation is 1. The molecule has 4 aromatic rings. The van der Waals surface area contributed by atoms with Gasteiger partial charge >= 0.3 is 0 Å². The van der Waals surface area contributed by atoms with E-state index in [0.29, 0.717) is 23.5 Å². The van der Waals surface area contributed by atoms with E-state index in [1.54, 1.807) is 18.2 Å². The SMILES string of the molecule is Cc1cccc2cc(CNc3ncnc(N)c3C(=N)c3cccc(O)c3)n(C3CC3)c(=O)c12. The Kier molecular flexibility index (Phi) is 5.05. The number of nitrogens with one attached hydrogen (secondary N) is 2. The highest BCUT2D eigenvalue weighted by Gasteiger charge is 2.28. The van der Waals surface area contributed by atoms with Crippen LogP contribution >= 0.6 is 0 Å². The molecule has 2 aromatic heterocycles. The molecule has 1 saturated carbocycles. The van der Waals surface area contributed by atoms with Gasteiger partial charge in [0.1, 0.15) is 23.7 Å². The Labute approximate surface area is 190 Å². The maximum Gasteiger partial charge on any atom is 0.259 e. The monoisotopic (exact) mass is 440 g/mol. The predicted octanol–water partition coefficient (Wildman–Crippen LogP) is 3.75. The Morgan fingerprint density at radius 3 is 2.76 bits per heavy atom. The van der Waals surface area contributed by atoms with E-state index < -0.39 is 0 Å². The molecule has 166 valence electrons. The number of hydrogen-bond acceptors (Lipinski definition) is 7. The van der Waals surface area contributed by atoms with E-state index in [-0.39, 0.29) is 28.9 Å². The molecule has 0 saturated heterocycles. The molecule has 0 unspecified atom stereocenters. The molecule has 0 bridgehead atoms. The Hall–Kier alpha value is -4.20. The molecule has 2 heterocycles. The zero-order valence-corrected chi connectivity index (χ0v) is 18.2. The minimum Gasteiger partial charge on any atom is -0.508 e. The fourth-order valence-corrected chi connectivity index (χ4v) is 4.23. The second kappa shape index (κ2) is 8.05. The maximum atomic E-state index is 13.3. The zero-order valence-electron chi connectivity index (χ0n) is 18.2. The first-order valence-electron chi connectivity index (χ1n) is 10.8. The zero-order chi connectivity index (χ0) is 23.1. The summed E-state index contributed by atoms with van der Waals surface area (Å²) in [6, 6.07) is 14.5. The number of pyridine rings is 1. The van der Waals surface area contributed by atoms with Crippen LogP contribution in [-0.4, -0.2) is 25.4 Å². The predicted molar refractivity (Wildman–Crippen MR) is 129 cm³/mol. The van der Waals surface area contributed by atoms with Gasteiger partial charge in [0, 0.05) is 17.3 Å². The molecule has 1 fully saturated rings. The number of nitrogen functional groups attached to an aromatic ring is 1. The van der Waals surface area contributed by atoms with Crippen molar-refractivity contribution in [3.05, 3.63) is 87.6 Å². The highest BCUT2D eigenvalue weighted by Crippen LogP contribution is 2.36. The van der Waals surface area contributed by atoms with Gasteiger partial charge in [-0.1, -0.05) is 30.3 Å². The highest BCUT2D eigenvalue weighted by molar-refractivity contribution is 6.16. The van der Waals surface area contributed by atoms with Crippen molar-refractivity contribution in [3.63, 3.8) is 0 Å². The summed E-state index contributed by atoms with van der Waals surface area (Å²) in [7, 11) is 0. The minimum atomic E-state index is 0.0276. The number of nitrogens with two attached hydrogens (primary N) is 1. The van der Waals surface area contributed by atoms with Crippen LogP contribution in [0.5, 0.6) is 5.75 Å². The number of aromatic nitrogens is 3. The molecule has 0 atom stereocenters. The minimum absolute atomic E-state index is 0.0276. The van der Waals surface area contributed by atoms with E-state index in [1.807, 2.05) is 35.8 Å². The molecule has 33 heavy (non-hydrogen) atoms. The van der Waals surface area contributed by atoms with Crippen molar-refractivity contribution < 1.29 is 5.11 Å². The molecule has 1 aliphatic rings. The molecule has 8 heteroatoms. The van der Waals surface area contributed by atoms with Crippen LogP contribution in [0.25, 0.3) is 10.8 Å². The molecule has 8 nitrogen and oxygen atoms in total. The van der Waals surface area contributed by atoms with Crippen LogP contribution in [0.2, 0.25) is 0 Å². The number of phenolic OH excluding ortho intramolecular Hbond substituents is 1. The molecular formula is C25H24N6O2. The Morgan fingerprint density at radius 1 is 1.21 bits per heavy atom. The highest BCUT2D eigenvalue weighted by atomic mass is 16.3. The first kappa shape index (κ1) is 20.7. The first-order valence-corrected chi connectivity index (χ1v) is 10.8. The summed E-state index contributed by atoms with van der Waals surface area (Å²) >= 11 is 0. The number of benzene rings is 2. The Morgan fingerprint density at radius 2 is 2.00 bits per heavy atom. The lowest BCUT2D eigenvalue weighted by molar-refractivity contribution is 0.475. The summed E-state index contributed by atoms with van der Waals surface area (Å²) in [6.07, 6.45) is 3.31. The largest absolute Gasteiger partial charge is 0.508 e. The molecule has 2 aromatic carbocycles. The van der Waals surface area contributed by atoms with E-state index in [9.17, 15) is 9.90 Å². The van der Waals surface area contributed by atoms with E-state index in [2.05, 4.69) is 15.3 Å². The third-order valence-electron chi connectivity index (χ3n) is 5.98. The van der Waals surface area contributed by atoms with Crippen LogP contribution in [0, 0.1) is 12.3 Å². The van der Waals surface area contributed by atoms with Gasteiger partial charge in [-0.2, -0.15) is 0 Å². The summed E-state index contributed by atoms with van der Waals surface area (Å²) < 4.78 is 1.88. The third kappa shape index (κ3) is 3.80. The van der Waals surface area contributed by atoms with Gasteiger partial charge in [-0.25, -0.2) is 9.97 Å². The summed E-state index contributed by atoms with van der Waals surface area (Å²) in [5.74, 6) is 0.617. The van der Waals surface area contributed by atoms with E-state index in [0.717, 1.165) is 34.9 Å². The lowest BCUT2D eigenvalue weighted by Gasteiger charge is -2.17. The molecule has 0 amide bonds. The second-order valence-corrected chi connectivity index (χ2v) is 8.34. The van der Waals surface area contributed by atoms with Crippen molar-refractivity contribution >= 4 is 28.1 Å². The summed E-state index contributed by atoms with van der Waals surface area (Å²) in [6.45, 7) is 2.30. The van der Waals surface area contributed by atoms with Crippen LogP contribution in [0.4, 0.5) is 11.6 Å². The average Bonchev–Trinajstić information content (AvgIpc) is 3.62.